The van der Waals surface area contributed by atoms with E-state index in [9.17, 15) is 22.4 Å². The lowest BCUT2D eigenvalue weighted by molar-refractivity contribution is -0.139. The SMILES string of the molecule is Cc1ccc(S(=O)(=O)N(CC(=O)N(Cc2ccccc2F)[C@H](C)C(=O)NC2CCCC2)c2ccc(Cl)cc2)cc1. The number of halogens is 2. The van der Waals surface area contributed by atoms with Crippen molar-refractivity contribution in [2.24, 2.45) is 0 Å². The molecule has 1 N–H and O–H groups in total. The van der Waals surface area contributed by atoms with Crippen LogP contribution in [0.25, 0.3) is 0 Å². The van der Waals surface area contributed by atoms with Crippen molar-refractivity contribution in [3.63, 3.8) is 0 Å². The summed E-state index contributed by atoms with van der Waals surface area (Å²) in [5.74, 6) is -1.54. The zero-order chi connectivity index (χ0) is 28.9. The van der Waals surface area contributed by atoms with Gasteiger partial charge in [0, 0.05) is 23.2 Å². The van der Waals surface area contributed by atoms with Gasteiger partial charge in [0.1, 0.15) is 18.4 Å². The van der Waals surface area contributed by atoms with E-state index in [0.29, 0.717) is 5.02 Å². The number of benzene rings is 3. The van der Waals surface area contributed by atoms with E-state index in [1.807, 2.05) is 6.92 Å². The van der Waals surface area contributed by atoms with Crippen LogP contribution in [-0.2, 0) is 26.2 Å². The molecule has 2 amide bonds. The first-order valence-corrected chi connectivity index (χ1v) is 15.1. The second-order valence-corrected chi connectivity index (χ2v) is 12.4. The summed E-state index contributed by atoms with van der Waals surface area (Å²) in [5, 5.41) is 3.40. The highest BCUT2D eigenvalue weighted by atomic mass is 35.5. The number of sulfonamides is 1. The average molecular weight is 586 g/mol. The lowest BCUT2D eigenvalue weighted by Gasteiger charge is -2.32. The molecule has 1 saturated carbocycles. The number of rotatable bonds is 10. The molecule has 0 heterocycles. The summed E-state index contributed by atoms with van der Waals surface area (Å²) in [5.41, 5.74) is 1.33. The van der Waals surface area contributed by atoms with Crippen molar-refractivity contribution >= 4 is 39.1 Å². The molecule has 0 aliphatic heterocycles. The quantitative estimate of drug-likeness (QED) is 0.342. The van der Waals surface area contributed by atoms with Gasteiger partial charge in [0.25, 0.3) is 10.0 Å². The summed E-state index contributed by atoms with van der Waals surface area (Å²) in [4.78, 5) is 28.4. The minimum atomic E-state index is -4.19. The number of hydrogen-bond donors (Lipinski definition) is 1. The zero-order valence-corrected chi connectivity index (χ0v) is 24.1. The Kier molecular flexibility index (Phi) is 9.48. The molecule has 1 fully saturated rings. The predicted molar refractivity (Wildman–Crippen MR) is 154 cm³/mol. The molecule has 1 aliphatic carbocycles. The summed E-state index contributed by atoms with van der Waals surface area (Å²) in [7, 11) is -4.19. The fourth-order valence-corrected chi connectivity index (χ4v) is 6.30. The molecular formula is C30H33ClFN3O4S. The first-order valence-electron chi connectivity index (χ1n) is 13.2. The first kappa shape index (κ1) is 29.6. The highest BCUT2D eigenvalue weighted by Gasteiger charge is 2.33. The van der Waals surface area contributed by atoms with Crippen LogP contribution in [0.5, 0.6) is 0 Å². The third-order valence-electron chi connectivity index (χ3n) is 7.17. The van der Waals surface area contributed by atoms with Crippen LogP contribution >= 0.6 is 11.6 Å². The molecule has 0 spiro atoms. The largest absolute Gasteiger partial charge is 0.352 e. The monoisotopic (exact) mass is 585 g/mol. The van der Waals surface area contributed by atoms with Crippen LogP contribution in [0.3, 0.4) is 0 Å². The van der Waals surface area contributed by atoms with Crippen LogP contribution in [0, 0.1) is 12.7 Å². The lowest BCUT2D eigenvalue weighted by Crippen LogP contribution is -2.52. The fraction of sp³-hybridized carbons (Fsp3) is 0.333. The molecule has 0 bridgehead atoms. The van der Waals surface area contributed by atoms with E-state index in [-0.39, 0.29) is 34.6 Å². The van der Waals surface area contributed by atoms with Gasteiger partial charge >= 0.3 is 0 Å². The molecule has 0 saturated heterocycles. The van der Waals surface area contributed by atoms with Gasteiger partial charge in [-0.05, 0) is 69.2 Å². The van der Waals surface area contributed by atoms with Crippen LogP contribution in [0.15, 0.2) is 77.7 Å². The standard InChI is InChI=1S/C30H33ClFN3O4S/c1-21-11-17-27(18-12-21)40(38,39)35(26-15-13-24(31)14-16-26)20-29(36)34(19-23-7-3-6-10-28(23)32)22(2)30(37)33-25-8-4-5-9-25/h3,6-7,10-18,22,25H,4-5,8-9,19-20H2,1-2H3,(H,33,37)/t22-/m1/s1. The third-order valence-corrected chi connectivity index (χ3v) is 9.21. The Balaban J connectivity index is 1.69. The number of carbonyl (C=O) groups is 2. The van der Waals surface area contributed by atoms with Gasteiger partial charge in [0.2, 0.25) is 11.8 Å². The van der Waals surface area contributed by atoms with Crippen molar-refractivity contribution in [3.8, 4) is 0 Å². The molecule has 4 rings (SSSR count). The van der Waals surface area contributed by atoms with Crippen LogP contribution in [0.4, 0.5) is 10.1 Å². The number of carbonyl (C=O) groups excluding carboxylic acids is 2. The van der Waals surface area contributed by atoms with Gasteiger partial charge < -0.3 is 10.2 Å². The molecule has 3 aromatic carbocycles. The van der Waals surface area contributed by atoms with Crippen LogP contribution < -0.4 is 9.62 Å². The van der Waals surface area contributed by atoms with E-state index >= 15 is 0 Å². The maximum atomic E-state index is 14.7. The van der Waals surface area contributed by atoms with Gasteiger partial charge in [0.05, 0.1) is 10.6 Å². The third kappa shape index (κ3) is 7.01. The summed E-state index contributed by atoms with van der Waals surface area (Å²) in [6, 6.07) is 17.5. The topological polar surface area (TPSA) is 86.8 Å². The van der Waals surface area contributed by atoms with Crippen molar-refractivity contribution in [1.82, 2.24) is 10.2 Å². The Morgan fingerprint density at radius 3 is 2.25 bits per heavy atom. The number of hydrogen-bond acceptors (Lipinski definition) is 4. The van der Waals surface area contributed by atoms with Crippen molar-refractivity contribution in [2.75, 3.05) is 10.8 Å². The Morgan fingerprint density at radius 2 is 1.62 bits per heavy atom. The predicted octanol–water partition coefficient (Wildman–Crippen LogP) is 5.46. The summed E-state index contributed by atoms with van der Waals surface area (Å²) >= 11 is 6.05. The van der Waals surface area contributed by atoms with E-state index in [4.69, 9.17) is 11.6 Å². The Labute approximate surface area is 240 Å². The van der Waals surface area contributed by atoms with E-state index in [1.54, 1.807) is 25.1 Å². The highest BCUT2D eigenvalue weighted by molar-refractivity contribution is 7.92. The fourth-order valence-electron chi connectivity index (χ4n) is 4.76. The van der Waals surface area contributed by atoms with E-state index in [0.717, 1.165) is 35.6 Å². The van der Waals surface area contributed by atoms with E-state index in [2.05, 4.69) is 5.32 Å². The van der Waals surface area contributed by atoms with Gasteiger partial charge in [-0.3, -0.25) is 13.9 Å². The molecule has 0 radical (unpaired) electrons. The Bertz CT molecular complexity index is 1440. The van der Waals surface area contributed by atoms with Gasteiger partial charge in [-0.25, -0.2) is 12.8 Å². The molecule has 10 heteroatoms. The van der Waals surface area contributed by atoms with Crippen molar-refractivity contribution in [1.29, 1.82) is 0 Å². The minimum absolute atomic E-state index is 0.00790. The highest BCUT2D eigenvalue weighted by Crippen LogP contribution is 2.26. The molecule has 0 unspecified atom stereocenters. The number of amides is 2. The number of nitrogens with zero attached hydrogens (tertiary/aromatic N) is 2. The molecule has 0 aromatic heterocycles. The minimum Gasteiger partial charge on any atom is -0.352 e. The average Bonchev–Trinajstić information content (AvgIpc) is 3.44. The second kappa shape index (κ2) is 12.8. The molecule has 212 valence electrons. The van der Waals surface area contributed by atoms with Crippen molar-refractivity contribution < 1.29 is 22.4 Å². The maximum absolute atomic E-state index is 14.7. The van der Waals surface area contributed by atoms with E-state index < -0.39 is 34.3 Å². The summed E-state index contributed by atoms with van der Waals surface area (Å²) < 4.78 is 43.3. The number of anilines is 1. The molecule has 1 aliphatic rings. The second-order valence-electron chi connectivity index (χ2n) is 10.1. The van der Waals surface area contributed by atoms with E-state index in [1.165, 1.54) is 59.5 Å². The molecule has 1 atom stereocenters. The van der Waals surface area contributed by atoms with Crippen LogP contribution in [0.1, 0.15) is 43.7 Å². The zero-order valence-electron chi connectivity index (χ0n) is 22.5. The molecule has 40 heavy (non-hydrogen) atoms. The smallest absolute Gasteiger partial charge is 0.264 e. The normalized spacial score (nSPS) is 14.5. The number of aryl methyl sites for hydroxylation is 1. The van der Waals surface area contributed by atoms with Crippen molar-refractivity contribution in [2.45, 2.75) is 63.1 Å². The lowest BCUT2D eigenvalue weighted by atomic mass is 10.1. The number of nitrogens with one attached hydrogen (secondary N) is 1. The van der Waals surface area contributed by atoms with Gasteiger partial charge in [-0.15, -0.1) is 0 Å². The van der Waals surface area contributed by atoms with Gasteiger partial charge in [-0.2, -0.15) is 0 Å². The van der Waals surface area contributed by atoms with Crippen LogP contribution in [0.2, 0.25) is 5.02 Å². The maximum Gasteiger partial charge on any atom is 0.264 e. The summed E-state index contributed by atoms with van der Waals surface area (Å²) in [6.45, 7) is 2.61. The van der Waals surface area contributed by atoms with Crippen molar-refractivity contribution in [3.05, 3.63) is 94.8 Å². The Hall–Kier alpha value is -3.43. The Morgan fingerprint density at radius 1 is 1.00 bits per heavy atom. The molecule has 7 nitrogen and oxygen atoms in total. The first-order chi connectivity index (χ1) is 19.1. The van der Waals surface area contributed by atoms with Crippen LogP contribution in [-0.4, -0.2) is 43.8 Å². The van der Waals surface area contributed by atoms with Gasteiger partial charge in [0.15, 0.2) is 0 Å². The molecular weight excluding hydrogens is 553 g/mol. The molecule has 3 aromatic rings. The van der Waals surface area contributed by atoms with Gasteiger partial charge in [-0.1, -0.05) is 60.3 Å². The summed E-state index contributed by atoms with van der Waals surface area (Å²) in [6.07, 6.45) is 3.76.